The van der Waals surface area contributed by atoms with E-state index in [0.717, 1.165) is 6.07 Å². The van der Waals surface area contributed by atoms with Gasteiger partial charge in [0.15, 0.2) is 0 Å². The monoisotopic (exact) mass is 215 g/mol. The van der Waals surface area contributed by atoms with Crippen molar-refractivity contribution < 1.29 is 13.2 Å². The maximum absolute atomic E-state index is 12.6. The molecule has 0 amide bonds. The summed E-state index contributed by atoms with van der Waals surface area (Å²) in [6, 6.07) is 4.69. The van der Waals surface area contributed by atoms with Crippen LogP contribution < -0.4 is 5.73 Å². The Kier molecular flexibility index (Phi) is 3.52. The van der Waals surface area contributed by atoms with Gasteiger partial charge in [0.2, 0.25) is 0 Å². The molecule has 0 aliphatic rings. The predicted octanol–water partition coefficient (Wildman–Crippen LogP) is 3.28. The van der Waals surface area contributed by atoms with Gasteiger partial charge >= 0.3 is 6.18 Å². The number of benzene rings is 1. The van der Waals surface area contributed by atoms with Crippen molar-refractivity contribution in [3.8, 4) is 0 Å². The summed E-state index contributed by atoms with van der Waals surface area (Å²) in [5, 5.41) is 0. The second kappa shape index (κ2) is 4.49. The van der Waals surface area contributed by atoms with Gasteiger partial charge in [0.25, 0.3) is 0 Å². The van der Waals surface area contributed by atoms with Crippen LogP contribution in [0.2, 0.25) is 0 Å². The summed E-state index contributed by atoms with van der Waals surface area (Å²) in [5.41, 5.74) is 5.08. The van der Waals surface area contributed by atoms with Crippen LogP contribution in [0, 0.1) is 0 Å². The first-order chi connectivity index (χ1) is 6.96. The van der Waals surface area contributed by atoms with E-state index in [1.54, 1.807) is 6.07 Å². The fraction of sp³-hybridized carbons (Fsp3) is 0.273. The van der Waals surface area contributed by atoms with Crippen LogP contribution in [0.1, 0.15) is 23.6 Å². The van der Waals surface area contributed by atoms with Gasteiger partial charge in [0.05, 0.1) is 5.56 Å². The van der Waals surface area contributed by atoms with E-state index in [4.69, 9.17) is 5.73 Å². The number of alkyl halides is 3. The van der Waals surface area contributed by atoms with Gasteiger partial charge in [0, 0.05) is 6.04 Å². The van der Waals surface area contributed by atoms with E-state index in [0.29, 0.717) is 6.42 Å². The highest BCUT2D eigenvalue weighted by Gasteiger charge is 2.33. The summed E-state index contributed by atoms with van der Waals surface area (Å²) < 4.78 is 37.7. The lowest BCUT2D eigenvalue weighted by molar-refractivity contribution is -0.138. The molecule has 0 aromatic heterocycles. The van der Waals surface area contributed by atoms with Crippen LogP contribution in [0.4, 0.5) is 13.2 Å². The molecule has 0 heterocycles. The first-order valence-electron chi connectivity index (χ1n) is 4.49. The molecule has 1 aromatic rings. The van der Waals surface area contributed by atoms with Gasteiger partial charge in [0.1, 0.15) is 0 Å². The molecule has 1 nitrogen and oxygen atoms in total. The normalized spacial score (nSPS) is 13.6. The summed E-state index contributed by atoms with van der Waals surface area (Å²) in [4.78, 5) is 0. The van der Waals surface area contributed by atoms with Crippen LogP contribution in [0.3, 0.4) is 0 Å². The number of hydrogen-bond donors (Lipinski definition) is 1. The quantitative estimate of drug-likeness (QED) is 0.769. The highest BCUT2D eigenvalue weighted by molar-refractivity contribution is 5.32. The molecule has 0 bridgehead atoms. The molecule has 0 aliphatic heterocycles. The van der Waals surface area contributed by atoms with Crippen LogP contribution in [0.15, 0.2) is 36.9 Å². The molecular formula is C11H12F3N. The molecule has 1 rings (SSSR count). The van der Waals surface area contributed by atoms with Crippen molar-refractivity contribution in [2.75, 3.05) is 0 Å². The molecule has 1 aromatic carbocycles. The van der Waals surface area contributed by atoms with Gasteiger partial charge in [-0.15, -0.1) is 6.58 Å². The lowest BCUT2D eigenvalue weighted by Gasteiger charge is -2.16. The molecule has 2 N–H and O–H groups in total. The summed E-state index contributed by atoms with van der Waals surface area (Å²) in [6.45, 7) is 3.46. The van der Waals surface area contributed by atoms with Crippen molar-refractivity contribution in [1.82, 2.24) is 0 Å². The molecule has 0 unspecified atom stereocenters. The topological polar surface area (TPSA) is 26.0 Å². The Labute approximate surface area is 86.4 Å². The lowest BCUT2D eigenvalue weighted by Crippen LogP contribution is -2.16. The van der Waals surface area contributed by atoms with Crippen LogP contribution >= 0.6 is 0 Å². The molecular weight excluding hydrogens is 203 g/mol. The average Bonchev–Trinajstić information content (AvgIpc) is 2.17. The largest absolute Gasteiger partial charge is 0.416 e. The van der Waals surface area contributed by atoms with Crippen LogP contribution in [-0.4, -0.2) is 0 Å². The Balaban J connectivity index is 3.12. The van der Waals surface area contributed by atoms with E-state index in [2.05, 4.69) is 6.58 Å². The van der Waals surface area contributed by atoms with Crippen molar-refractivity contribution in [1.29, 1.82) is 0 Å². The van der Waals surface area contributed by atoms with Gasteiger partial charge in [-0.2, -0.15) is 13.2 Å². The summed E-state index contributed by atoms with van der Waals surface area (Å²) in [6.07, 6.45) is -2.51. The standard InChI is InChI=1S/C11H12F3N/c1-2-5-10(15)8-6-3-4-7-9(8)11(12,13)14/h2-4,6-7,10H,1,5,15H2/t10-/m1/s1. The highest BCUT2D eigenvalue weighted by atomic mass is 19.4. The SMILES string of the molecule is C=CC[C@@H](N)c1ccccc1C(F)(F)F. The van der Waals surface area contributed by atoms with E-state index in [1.165, 1.54) is 18.2 Å². The van der Waals surface area contributed by atoms with Gasteiger partial charge in [-0.25, -0.2) is 0 Å². The minimum atomic E-state index is -4.35. The van der Waals surface area contributed by atoms with E-state index in [1.807, 2.05) is 0 Å². The molecule has 0 radical (unpaired) electrons. The molecule has 0 fully saturated rings. The minimum Gasteiger partial charge on any atom is -0.324 e. The zero-order valence-electron chi connectivity index (χ0n) is 8.09. The van der Waals surface area contributed by atoms with Gasteiger partial charge in [-0.05, 0) is 18.1 Å². The Morgan fingerprint density at radius 3 is 2.47 bits per heavy atom. The smallest absolute Gasteiger partial charge is 0.324 e. The zero-order chi connectivity index (χ0) is 11.5. The van der Waals surface area contributed by atoms with Gasteiger partial charge in [-0.1, -0.05) is 24.3 Å². The summed E-state index contributed by atoms with van der Waals surface area (Å²) >= 11 is 0. The van der Waals surface area contributed by atoms with Crippen LogP contribution in [-0.2, 0) is 6.18 Å². The van der Waals surface area contributed by atoms with E-state index >= 15 is 0 Å². The molecule has 82 valence electrons. The third-order valence-corrected chi connectivity index (χ3v) is 2.09. The number of hydrogen-bond acceptors (Lipinski definition) is 1. The maximum Gasteiger partial charge on any atom is 0.416 e. The number of nitrogens with two attached hydrogens (primary N) is 1. The van der Waals surface area contributed by atoms with Crippen molar-refractivity contribution in [2.45, 2.75) is 18.6 Å². The van der Waals surface area contributed by atoms with Gasteiger partial charge < -0.3 is 5.73 Å². The second-order valence-electron chi connectivity index (χ2n) is 3.22. The van der Waals surface area contributed by atoms with E-state index in [-0.39, 0.29) is 5.56 Å². The van der Waals surface area contributed by atoms with Crippen molar-refractivity contribution in [3.63, 3.8) is 0 Å². The second-order valence-corrected chi connectivity index (χ2v) is 3.22. The average molecular weight is 215 g/mol. The van der Waals surface area contributed by atoms with Crippen molar-refractivity contribution in [3.05, 3.63) is 48.0 Å². The fourth-order valence-electron chi connectivity index (χ4n) is 1.39. The Bertz CT molecular complexity index is 344. The predicted molar refractivity (Wildman–Crippen MR) is 53.2 cm³/mol. The molecule has 15 heavy (non-hydrogen) atoms. The molecule has 0 aliphatic carbocycles. The Hall–Kier alpha value is -1.29. The molecule has 4 heteroatoms. The first kappa shape index (κ1) is 11.8. The minimum absolute atomic E-state index is 0.116. The van der Waals surface area contributed by atoms with Crippen LogP contribution in [0.25, 0.3) is 0 Å². The number of rotatable bonds is 3. The molecule has 0 spiro atoms. The van der Waals surface area contributed by atoms with E-state index < -0.39 is 17.8 Å². The maximum atomic E-state index is 12.6. The fourth-order valence-corrected chi connectivity index (χ4v) is 1.39. The molecule has 1 atom stereocenters. The Morgan fingerprint density at radius 1 is 1.33 bits per heavy atom. The summed E-state index contributed by atoms with van der Waals surface area (Å²) in [7, 11) is 0. The zero-order valence-corrected chi connectivity index (χ0v) is 8.09. The number of halogens is 3. The first-order valence-corrected chi connectivity index (χ1v) is 4.49. The third-order valence-electron chi connectivity index (χ3n) is 2.09. The lowest BCUT2D eigenvalue weighted by atomic mass is 9.98. The molecule has 0 saturated carbocycles. The highest BCUT2D eigenvalue weighted by Crippen LogP contribution is 2.34. The molecule has 0 saturated heterocycles. The van der Waals surface area contributed by atoms with Crippen molar-refractivity contribution in [2.24, 2.45) is 5.73 Å². The summed E-state index contributed by atoms with van der Waals surface area (Å²) in [5.74, 6) is 0. The van der Waals surface area contributed by atoms with Gasteiger partial charge in [-0.3, -0.25) is 0 Å². The van der Waals surface area contributed by atoms with Crippen LogP contribution in [0.5, 0.6) is 0 Å². The third kappa shape index (κ3) is 2.83. The Morgan fingerprint density at radius 2 is 1.93 bits per heavy atom. The van der Waals surface area contributed by atoms with Crippen molar-refractivity contribution >= 4 is 0 Å². The van der Waals surface area contributed by atoms with E-state index in [9.17, 15) is 13.2 Å².